The fourth-order valence-corrected chi connectivity index (χ4v) is 6.17. The largest absolute Gasteiger partial charge is 0.390 e. The first-order chi connectivity index (χ1) is 13.1. The number of fused-ring (bicyclic) bond motifs is 1. The average molecular weight is 365 g/mol. The highest BCUT2D eigenvalue weighted by molar-refractivity contribution is 5.97. The molecule has 140 valence electrons. The summed E-state index contributed by atoms with van der Waals surface area (Å²) in [6.07, 6.45) is 9.04. The second-order valence-electron chi connectivity index (χ2n) is 8.78. The van der Waals surface area contributed by atoms with Gasteiger partial charge in [0.25, 0.3) is 0 Å². The van der Waals surface area contributed by atoms with Crippen molar-refractivity contribution in [1.82, 2.24) is 30.2 Å². The maximum atomic E-state index is 10.9. The third-order valence-electron chi connectivity index (χ3n) is 7.00. The van der Waals surface area contributed by atoms with Crippen LogP contribution in [0.1, 0.15) is 32.1 Å². The van der Waals surface area contributed by atoms with Crippen molar-refractivity contribution in [1.29, 1.82) is 0 Å². The van der Waals surface area contributed by atoms with Crippen LogP contribution in [0.15, 0.2) is 18.5 Å². The molecule has 4 bridgehead atoms. The molecule has 4 aliphatic carbocycles. The van der Waals surface area contributed by atoms with E-state index in [0.717, 1.165) is 41.5 Å². The zero-order chi connectivity index (χ0) is 18.2. The van der Waals surface area contributed by atoms with E-state index in [4.69, 9.17) is 0 Å². The summed E-state index contributed by atoms with van der Waals surface area (Å²) < 4.78 is 1.68. The summed E-state index contributed by atoms with van der Waals surface area (Å²) >= 11 is 0. The van der Waals surface area contributed by atoms with Crippen LogP contribution in [0.25, 0.3) is 22.4 Å². The zero-order valence-electron chi connectivity index (χ0n) is 15.3. The Bertz CT molecular complexity index is 1010. The van der Waals surface area contributed by atoms with E-state index < -0.39 is 5.60 Å². The molecule has 3 N–H and O–H groups in total. The number of aliphatic hydroxyl groups is 1. The molecule has 4 aliphatic rings. The quantitative estimate of drug-likeness (QED) is 0.657. The van der Waals surface area contributed by atoms with Gasteiger partial charge in [-0.05, 0) is 66.4 Å². The molecule has 8 heteroatoms. The lowest BCUT2D eigenvalue weighted by molar-refractivity contribution is -0.129. The Balaban J connectivity index is 1.44. The van der Waals surface area contributed by atoms with Gasteiger partial charge in [0.15, 0.2) is 5.82 Å². The van der Waals surface area contributed by atoms with E-state index in [1.807, 2.05) is 19.4 Å². The fourth-order valence-electron chi connectivity index (χ4n) is 6.17. The van der Waals surface area contributed by atoms with Gasteiger partial charge in [0.1, 0.15) is 5.65 Å². The molecule has 0 aliphatic heterocycles. The molecule has 4 fully saturated rings. The molecule has 0 amide bonds. The van der Waals surface area contributed by atoms with Crippen LogP contribution >= 0.6 is 0 Å². The molecule has 7 rings (SSSR count). The van der Waals surface area contributed by atoms with Crippen molar-refractivity contribution in [3.05, 3.63) is 18.5 Å². The van der Waals surface area contributed by atoms with Gasteiger partial charge in [-0.2, -0.15) is 0 Å². The molecule has 3 aromatic rings. The van der Waals surface area contributed by atoms with Gasteiger partial charge in [0.05, 0.1) is 16.9 Å². The first-order valence-electron chi connectivity index (χ1n) is 9.77. The predicted molar refractivity (Wildman–Crippen MR) is 99.8 cm³/mol. The summed E-state index contributed by atoms with van der Waals surface area (Å²) in [4.78, 5) is 7.76. The van der Waals surface area contributed by atoms with Gasteiger partial charge in [0, 0.05) is 30.9 Å². The summed E-state index contributed by atoms with van der Waals surface area (Å²) in [6, 6.07) is 2.43. The van der Waals surface area contributed by atoms with Crippen molar-refractivity contribution in [2.75, 3.05) is 5.32 Å². The second-order valence-corrected chi connectivity index (χ2v) is 8.78. The molecule has 5 atom stereocenters. The number of aromatic amines is 1. The van der Waals surface area contributed by atoms with Gasteiger partial charge < -0.3 is 15.4 Å². The molecule has 0 aromatic carbocycles. The third-order valence-corrected chi connectivity index (χ3v) is 7.00. The lowest BCUT2D eigenvalue weighted by Crippen LogP contribution is -2.59. The maximum absolute atomic E-state index is 10.9. The average Bonchev–Trinajstić information content (AvgIpc) is 3.25. The maximum Gasteiger partial charge on any atom is 0.185 e. The van der Waals surface area contributed by atoms with Gasteiger partial charge in [0.2, 0.25) is 0 Å². The molecule has 3 aromatic heterocycles. The lowest BCUT2D eigenvalue weighted by atomic mass is 9.52. The number of nitrogens with one attached hydrogen (secondary N) is 2. The number of aryl methyl sites for hydroxylation is 1. The normalized spacial score (nSPS) is 34.4. The minimum Gasteiger partial charge on any atom is -0.390 e. The number of aromatic nitrogens is 6. The highest BCUT2D eigenvalue weighted by Gasteiger charge is 2.54. The molecule has 27 heavy (non-hydrogen) atoms. The molecule has 4 saturated carbocycles. The molecule has 1 unspecified atom stereocenters. The minimum absolute atomic E-state index is 0.377. The van der Waals surface area contributed by atoms with Crippen molar-refractivity contribution in [2.24, 2.45) is 24.8 Å². The van der Waals surface area contributed by atoms with Gasteiger partial charge in [-0.1, -0.05) is 0 Å². The monoisotopic (exact) mass is 365 g/mol. The van der Waals surface area contributed by atoms with Crippen LogP contribution in [-0.4, -0.2) is 46.9 Å². The predicted octanol–water partition coefficient (Wildman–Crippen LogP) is 2.10. The van der Waals surface area contributed by atoms with Gasteiger partial charge in [-0.15, -0.1) is 5.10 Å². The summed E-state index contributed by atoms with van der Waals surface area (Å²) in [5.74, 6) is 2.44. The highest BCUT2D eigenvalue weighted by atomic mass is 16.3. The van der Waals surface area contributed by atoms with Crippen LogP contribution in [-0.2, 0) is 7.05 Å². The molecule has 0 saturated heterocycles. The number of rotatable bonds is 3. The number of nitrogens with zero attached hydrogens (tertiary/aromatic N) is 5. The van der Waals surface area contributed by atoms with Crippen molar-refractivity contribution in [3.8, 4) is 11.4 Å². The number of anilines is 1. The number of tetrazole rings is 1. The van der Waals surface area contributed by atoms with Crippen LogP contribution in [0.5, 0.6) is 0 Å². The van der Waals surface area contributed by atoms with E-state index >= 15 is 0 Å². The zero-order valence-corrected chi connectivity index (χ0v) is 15.3. The van der Waals surface area contributed by atoms with Crippen LogP contribution in [0.3, 0.4) is 0 Å². The number of pyridine rings is 1. The van der Waals surface area contributed by atoms with E-state index in [1.165, 1.54) is 12.8 Å². The number of hydrogen-bond donors (Lipinski definition) is 3. The van der Waals surface area contributed by atoms with E-state index in [0.29, 0.717) is 29.6 Å². The van der Waals surface area contributed by atoms with Crippen molar-refractivity contribution in [2.45, 2.75) is 43.7 Å². The van der Waals surface area contributed by atoms with Crippen LogP contribution in [0.2, 0.25) is 0 Å². The van der Waals surface area contributed by atoms with Crippen LogP contribution in [0, 0.1) is 17.8 Å². The lowest BCUT2D eigenvalue weighted by Gasteiger charge is -2.58. The first-order valence-corrected chi connectivity index (χ1v) is 9.77. The van der Waals surface area contributed by atoms with Crippen molar-refractivity contribution >= 4 is 16.7 Å². The van der Waals surface area contributed by atoms with E-state index in [1.54, 1.807) is 4.68 Å². The van der Waals surface area contributed by atoms with E-state index in [2.05, 4.69) is 36.9 Å². The summed E-state index contributed by atoms with van der Waals surface area (Å²) in [6.45, 7) is 0. The van der Waals surface area contributed by atoms with Gasteiger partial charge in [-0.3, -0.25) is 0 Å². The summed E-state index contributed by atoms with van der Waals surface area (Å²) in [5.41, 5.74) is 2.40. The topological polar surface area (TPSA) is 105 Å². The Kier molecular flexibility index (Phi) is 3.05. The third kappa shape index (κ3) is 2.25. The van der Waals surface area contributed by atoms with Gasteiger partial charge >= 0.3 is 0 Å². The summed E-state index contributed by atoms with van der Waals surface area (Å²) in [7, 11) is 1.85. The molecule has 0 radical (unpaired) electrons. The van der Waals surface area contributed by atoms with Crippen LogP contribution < -0.4 is 5.32 Å². The summed E-state index contributed by atoms with van der Waals surface area (Å²) in [5, 5.41) is 27.8. The fraction of sp³-hybridized carbons (Fsp3) is 0.579. The molecule has 8 nitrogen and oxygen atoms in total. The highest BCUT2D eigenvalue weighted by Crippen LogP contribution is 2.56. The van der Waals surface area contributed by atoms with Crippen LogP contribution in [0.4, 0.5) is 5.69 Å². The van der Waals surface area contributed by atoms with E-state index in [-0.39, 0.29) is 0 Å². The molecule has 3 heterocycles. The SMILES string of the molecule is Cn1nnnc1-c1cnc2[nH]ccc2c1N[C@H]1[C@@H]2CC3C[C@H]1C[C@](O)(C3)C2. The Morgan fingerprint density at radius 1 is 1.26 bits per heavy atom. The molecular formula is C19H23N7O. The second kappa shape index (κ2) is 5.28. The van der Waals surface area contributed by atoms with Crippen molar-refractivity contribution < 1.29 is 5.11 Å². The van der Waals surface area contributed by atoms with E-state index in [9.17, 15) is 5.11 Å². The van der Waals surface area contributed by atoms with Gasteiger partial charge in [-0.25, -0.2) is 9.67 Å². The Morgan fingerprint density at radius 3 is 2.78 bits per heavy atom. The first kappa shape index (κ1) is 15.6. The Morgan fingerprint density at radius 2 is 2.07 bits per heavy atom. The Hall–Kier alpha value is -2.48. The minimum atomic E-state index is -0.424. The molecule has 0 spiro atoms. The van der Waals surface area contributed by atoms with Crippen molar-refractivity contribution in [3.63, 3.8) is 0 Å². The Labute approximate surface area is 156 Å². The number of H-pyrrole nitrogens is 1. The molecular weight excluding hydrogens is 342 g/mol. The number of hydrogen-bond acceptors (Lipinski definition) is 6. The smallest absolute Gasteiger partial charge is 0.185 e. The standard InChI is InChI=1S/C19H23N7O/c1-26-18(23-24-25-26)14-9-21-17-13(2-3-20-17)16(14)22-15-11-4-10-5-12(15)8-19(27,6-10)7-11/h2-3,9-12,15,27H,4-8H2,1H3,(H2,20,21,22)/t10?,11-,12+,15+,19+.